The number of carbonyl (C=O) groups excluding carboxylic acids is 1. The van der Waals surface area contributed by atoms with Crippen LogP contribution in [0, 0.1) is 11.3 Å². The van der Waals surface area contributed by atoms with Crippen molar-refractivity contribution in [1.29, 1.82) is 5.26 Å². The van der Waals surface area contributed by atoms with Crippen LogP contribution >= 0.6 is 12.2 Å². The average Bonchev–Trinajstić information content (AvgIpc) is 3.08. The minimum absolute atomic E-state index is 0.216. The summed E-state index contributed by atoms with van der Waals surface area (Å²) in [4.78, 5) is 17.5. The van der Waals surface area contributed by atoms with E-state index in [4.69, 9.17) is 17.0 Å². The maximum atomic E-state index is 13.0. The third-order valence-electron chi connectivity index (χ3n) is 5.11. The number of nitrogens with zero attached hydrogens (tertiary/aromatic N) is 2. The molecule has 0 saturated carbocycles. The molecule has 0 aliphatic carbocycles. The van der Waals surface area contributed by atoms with Crippen molar-refractivity contribution >= 4 is 23.2 Å². The highest BCUT2D eigenvalue weighted by atomic mass is 32.1. The van der Waals surface area contributed by atoms with E-state index >= 15 is 0 Å². The number of carbonyl (C=O) groups is 1. The number of aromatic nitrogens is 1. The fraction of sp³-hybridized carbons (Fsp3) is 0.130. The summed E-state index contributed by atoms with van der Waals surface area (Å²) in [6.07, 6.45) is 2.06. The second-order valence-corrected chi connectivity index (χ2v) is 7.37. The van der Waals surface area contributed by atoms with E-state index in [0.717, 1.165) is 22.4 Å². The number of methoxy groups -OCH3 is 1. The van der Waals surface area contributed by atoms with Gasteiger partial charge in [0.2, 0.25) is 0 Å². The SMILES string of the molecule is COc1ccc(CC2(c3ccnc(-c4cccc(C#N)c4)c3)NC(=S)NC2=O)cc1. The van der Waals surface area contributed by atoms with Crippen LogP contribution in [0.2, 0.25) is 0 Å². The van der Waals surface area contributed by atoms with Gasteiger partial charge >= 0.3 is 0 Å². The van der Waals surface area contributed by atoms with Gasteiger partial charge in [0.1, 0.15) is 11.3 Å². The Morgan fingerprint density at radius 1 is 1.17 bits per heavy atom. The lowest BCUT2D eigenvalue weighted by Gasteiger charge is -2.27. The monoisotopic (exact) mass is 414 g/mol. The average molecular weight is 414 g/mol. The van der Waals surface area contributed by atoms with Gasteiger partial charge in [-0.2, -0.15) is 5.26 Å². The van der Waals surface area contributed by atoms with E-state index in [1.54, 1.807) is 25.4 Å². The molecule has 1 saturated heterocycles. The molecule has 1 fully saturated rings. The first-order valence-electron chi connectivity index (χ1n) is 9.28. The van der Waals surface area contributed by atoms with E-state index in [-0.39, 0.29) is 5.91 Å². The van der Waals surface area contributed by atoms with E-state index < -0.39 is 5.54 Å². The van der Waals surface area contributed by atoms with Crippen LogP contribution in [0.1, 0.15) is 16.7 Å². The molecule has 1 aliphatic rings. The highest BCUT2D eigenvalue weighted by Gasteiger charge is 2.46. The fourth-order valence-corrected chi connectivity index (χ4v) is 3.84. The number of amides is 1. The Bertz CT molecular complexity index is 1170. The van der Waals surface area contributed by atoms with E-state index in [2.05, 4.69) is 21.7 Å². The first-order chi connectivity index (χ1) is 14.5. The van der Waals surface area contributed by atoms with Gasteiger partial charge in [-0.1, -0.05) is 24.3 Å². The van der Waals surface area contributed by atoms with Crippen molar-refractivity contribution in [3.63, 3.8) is 0 Å². The Hall–Kier alpha value is -3.76. The molecule has 6 nitrogen and oxygen atoms in total. The number of ether oxygens (including phenoxy) is 1. The van der Waals surface area contributed by atoms with Crippen LogP contribution in [0.4, 0.5) is 0 Å². The summed E-state index contributed by atoms with van der Waals surface area (Å²) in [6, 6.07) is 20.6. The molecular formula is C23H18N4O2S. The maximum absolute atomic E-state index is 13.0. The minimum atomic E-state index is -1.06. The number of hydrogen-bond acceptors (Lipinski definition) is 5. The van der Waals surface area contributed by atoms with Gasteiger partial charge in [0.15, 0.2) is 5.11 Å². The Morgan fingerprint density at radius 2 is 1.97 bits per heavy atom. The zero-order valence-electron chi connectivity index (χ0n) is 16.2. The highest BCUT2D eigenvalue weighted by Crippen LogP contribution is 2.32. The molecule has 30 heavy (non-hydrogen) atoms. The van der Waals surface area contributed by atoms with Gasteiger partial charge in [0.25, 0.3) is 5.91 Å². The smallest absolute Gasteiger partial charge is 0.256 e. The standard InChI is InChI=1S/C23H18N4O2S/c1-29-19-7-5-15(6-8-19)13-23(21(28)26-22(30)27-23)18-9-10-25-20(12-18)17-4-2-3-16(11-17)14-24/h2-12H,13H2,1H3,(H2,26,27,28,30). The predicted octanol–water partition coefficient (Wildman–Crippen LogP) is 3.07. The highest BCUT2D eigenvalue weighted by molar-refractivity contribution is 7.80. The number of thiocarbonyl (C=S) groups is 1. The molecule has 4 rings (SSSR count). The van der Waals surface area contributed by atoms with Crippen molar-refractivity contribution in [3.8, 4) is 23.1 Å². The molecule has 1 aliphatic heterocycles. The summed E-state index contributed by atoms with van der Waals surface area (Å²) in [5.74, 6) is 0.530. The lowest BCUT2D eigenvalue weighted by molar-refractivity contribution is -0.124. The number of hydrogen-bond donors (Lipinski definition) is 2. The van der Waals surface area contributed by atoms with Crippen molar-refractivity contribution < 1.29 is 9.53 Å². The fourth-order valence-electron chi connectivity index (χ4n) is 3.57. The van der Waals surface area contributed by atoms with Gasteiger partial charge in [-0.3, -0.25) is 9.78 Å². The van der Waals surface area contributed by atoms with Gasteiger partial charge < -0.3 is 15.4 Å². The molecule has 2 heterocycles. The largest absolute Gasteiger partial charge is 0.497 e. The van der Waals surface area contributed by atoms with Crippen molar-refractivity contribution in [2.24, 2.45) is 0 Å². The maximum Gasteiger partial charge on any atom is 0.256 e. The van der Waals surface area contributed by atoms with Crippen LogP contribution in [0.3, 0.4) is 0 Å². The summed E-state index contributed by atoms with van der Waals surface area (Å²) < 4.78 is 5.22. The molecule has 1 aromatic heterocycles. The van der Waals surface area contributed by atoms with Crippen molar-refractivity contribution in [2.75, 3.05) is 7.11 Å². The van der Waals surface area contributed by atoms with Gasteiger partial charge in [0.05, 0.1) is 24.4 Å². The minimum Gasteiger partial charge on any atom is -0.497 e. The van der Waals surface area contributed by atoms with Crippen molar-refractivity contribution in [1.82, 2.24) is 15.6 Å². The molecule has 0 bridgehead atoms. The summed E-state index contributed by atoms with van der Waals surface area (Å²) >= 11 is 5.25. The van der Waals surface area contributed by atoms with Crippen LogP contribution in [0.25, 0.3) is 11.3 Å². The van der Waals surface area contributed by atoms with Gasteiger partial charge in [0, 0.05) is 18.2 Å². The second-order valence-electron chi connectivity index (χ2n) is 6.96. The Morgan fingerprint density at radius 3 is 2.63 bits per heavy atom. The molecule has 1 atom stereocenters. The molecular weight excluding hydrogens is 396 g/mol. The Labute approximate surface area is 179 Å². The summed E-state index contributed by atoms with van der Waals surface area (Å²) in [5.41, 5.74) is 2.65. The predicted molar refractivity (Wildman–Crippen MR) is 117 cm³/mol. The number of benzene rings is 2. The molecule has 3 aromatic rings. The summed E-state index contributed by atoms with van der Waals surface area (Å²) in [5, 5.41) is 15.4. The normalized spacial score (nSPS) is 17.7. The van der Waals surface area contributed by atoms with Crippen molar-refractivity contribution in [3.05, 3.63) is 83.6 Å². The van der Waals surface area contributed by atoms with Gasteiger partial charge in [-0.05, 0) is 59.7 Å². The van der Waals surface area contributed by atoms with Crippen LogP contribution in [-0.2, 0) is 16.8 Å². The summed E-state index contributed by atoms with van der Waals surface area (Å²) in [6.45, 7) is 0. The molecule has 0 radical (unpaired) electrons. The van der Waals surface area contributed by atoms with Crippen LogP contribution in [0.15, 0.2) is 66.9 Å². The molecule has 1 unspecified atom stereocenters. The second kappa shape index (κ2) is 7.93. The van der Waals surface area contributed by atoms with E-state index in [1.165, 1.54) is 0 Å². The molecule has 7 heteroatoms. The molecule has 0 spiro atoms. The molecule has 2 N–H and O–H groups in total. The molecule has 148 valence electrons. The van der Waals surface area contributed by atoms with Crippen LogP contribution in [-0.4, -0.2) is 23.1 Å². The Balaban J connectivity index is 1.77. The Kier molecular flexibility index (Phi) is 5.17. The zero-order valence-corrected chi connectivity index (χ0v) is 17.0. The lowest BCUT2D eigenvalue weighted by atomic mass is 9.83. The third kappa shape index (κ3) is 3.61. The van der Waals surface area contributed by atoms with E-state index in [9.17, 15) is 10.1 Å². The first-order valence-corrected chi connectivity index (χ1v) is 9.68. The number of rotatable bonds is 5. The first kappa shape index (κ1) is 19.6. The van der Waals surface area contributed by atoms with E-state index in [0.29, 0.717) is 22.8 Å². The third-order valence-corrected chi connectivity index (χ3v) is 5.31. The lowest BCUT2D eigenvalue weighted by Crippen LogP contribution is -2.45. The molecule has 1 amide bonds. The molecule has 2 aromatic carbocycles. The number of pyridine rings is 1. The van der Waals surface area contributed by atoms with Crippen molar-refractivity contribution in [2.45, 2.75) is 12.0 Å². The van der Waals surface area contributed by atoms with Gasteiger partial charge in [-0.15, -0.1) is 0 Å². The topological polar surface area (TPSA) is 87.0 Å². The van der Waals surface area contributed by atoms with E-state index in [1.807, 2.05) is 48.5 Å². The van der Waals surface area contributed by atoms with Crippen LogP contribution in [0.5, 0.6) is 5.75 Å². The number of nitrogens with one attached hydrogen (secondary N) is 2. The van der Waals surface area contributed by atoms with Crippen LogP contribution < -0.4 is 15.4 Å². The van der Waals surface area contributed by atoms with Gasteiger partial charge in [-0.25, -0.2) is 0 Å². The quantitative estimate of drug-likeness (QED) is 0.624. The number of nitriles is 1. The zero-order chi connectivity index (χ0) is 21.1. The summed E-state index contributed by atoms with van der Waals surface area (Å²) in [7, 11) is 1.61.